The van der Waals surface area contributed by atoms with Crippen molar-refractivity contribution in [3.8, 4) is 5.75 Å². The second kappa shape index (κ2) is 8.04. The smallest absolute Gasteiger partial charge is 0.119 e. The molecule has 1 heterocycles. The van der Waals surface area contributed by atoms with Gasteiger partial charge in [-0.3, -0.25) is 0 Å². The molecule has 20 heavy (non-hydrogen) atoms. The first-order valence-electron chi connectivity index (χ1n) is 7.02. The van der Waals surface area contributed by atoms with Gasteiger partial charge in [0.15, 0.2) is 0 Å². The van der Waals surface area contributed by atoms with Crippen LogP contribution >= 0.6 is 11.3 Å². The van der Waals surface area contributed by atoms with Crippen LogP contribution in [-0.4, -0.2) is 13.2 Å². The summed E-state index contributed by atoms with van der Waals surface area (Å²) in [5.74, 6) is 0.917. The van der Waals surface area contributed by atoms with Crippen LogP contribution in [0.15, 0.2) is 41.8 Å². The van der Waals surface area contributed by atoms with Crippen molar-refractivity contribution in [1.82, 2.24) is 5.32 Å². The van der Waals surface area contributed by atoms with Gasteiger partial charge in [0.2, 0.25) is 0 Å². The summed E-state index contributed by atoms with van der Waals surface area (Å²) < 4.78 is 5.67. The second-order valence-electron chi connectivity index (χ2n) is 4.67. The molecule has 1 aromatic heterocycles. The fourth-order valence-electron chi connectivity index (χ4n) is 2.02. The number of nitrogens with one attached hydrogen (secondary N) is 1. The van der Waals surface area contributed by atoms with E-state index >= 15 is 0 Å². The first kappa shape index (κ1) is 15.0. The molecule has 0 aliphatic carbocycles. The molecule has 1 unspecified atom stereocenters. The topological polar surface area (TPSA) is 47.3 Å². The Morgan fingerprint density at radius 3 is 2.90 bits per heavy atom. The van der Waals surface area contributed by atoms with Gasteiger partial charge in [-0.15, -0.1) is 11.3 Å². The van der Waals surface area contributed by atoms with E-state index in [9.17, 15) is 0 Å². The van der Waals surface area contributed by atoms with Crippen molar-refractivity contribution in [3.05, 3.63) is 52.2 Å². The number of hydrogen-bond donors (Lipinski definition) is 2. The highest BCUT2D eigenvalue weighted by Gasteiger charge is 2.10. The summed E-state index contributed by atoms with van der Waals surface area (Å²) in [6, 6.07) is 12.5. The van der Waals surface area contributed by atoms with Crippen LogP contribution in [0.3, 0.4) is 0 Å². The van der Waals surface area contributed by atoms with Gasteiger partial charge in [0.25, 0.3) is 0 Å². The summed E-state index contributed by atoms with van der Waals surface area (Å²) in [5.41, 5.74) is 7.07. The van der Waals surface area contributed by atoms with Crippen molar-refractivity contribution >= 4 is 11.3 Å². The molecule has 0 spiro atoms. The van der Waals surface area contributed by atoms with Crippen LogP contribution in [0.4, 0.5) is 0 Å². The van der Waals surface area contributed by atoms with Crippen LogP contribution in [0.5, 0.6) is 5.75 Å². The van der Waals surface area contributed by atoms with Crippen molar-refractivity contribution < 1.29 is 4.74 Å². The molecule has 0 fully saturated rings. The fourth-order valence-corrected chi connectivity index (χ4v) is 2.67. The number of thiophene rings is 1. The van der Waals surface area contributed by atoms with Gasteiger partial charge >= 0.3 is 0 Å². The Balaban J connectivity index is 1.99. The van der Waals surface area contributed by atoms with Crippen LogP contribution < -0.4 is 15.8 Å². The summed E-state index contributed by atoms with van der Waals surface area (Å²) in [7, 11) is 0. The van der Waals surface area contributed by atoms with Crippen LogP contribution in [0.25, 0.3) is 0 Å². The molecule has 3 N–H and O–H groups in total. The predicted octanol–water partition coefficient (Wildman–Crippen LogP) is 3.33. The van der Waals surface area contributed by atoms with E-state index in [0.717, 1.165) is 25.3 Å². The Bertz CT molecular complexity index is 499. The van der Waals surface area contributed by atoms with E-state index < -0.39 is 0 Å². The van der Waals surface area contributed by atoms with Gasteiger partial charge in [-0.05, 0) is 35.6 Å². The molecular weight excluding hydrogens is 268 g/mol. The van der Waals surface area contributed by atoms with E-state index in [4.69, 9.17) is 10.5 Å². The zero-order valence-corrected chi connectivity index (χ0v) is 12.7. The van der Waals surface area contributed by atoms with Crippen molar-refractivity contribution in [2.75, 3.05) is 13.2 Å². The standard InChI is InChI=1S/C16H22N2OS/c1-2-8-19-14-6-3-5-13(10-14)16(11-17)18-12-15-7-4-9-20-15/h3-7,9-10,16,18H,2,8,11-12,17H2,1H3. The number of rotatable bonds is 8. The third-order valence-corrected chi connectivity index (χ3v) is 3.95. The van der Waals surface area contributed by atoms with Crippen LogP contribution in [0.2, 0.25) is 0 Å². The molecule has 0 saturated carbocycles. The number of ether oxygens (including phenoxy) is 1. The molecule has 0 aliphatic heterocycles. The highest BCUT2D eigenvalue weighted by Crippen LogP contribution is 2.20. The van der Waals surface area contributed by atoms with E-state index in [1.807, 2.05) is 12.1 Å². The van der Waals surface area contributed by atoms with Crippen molar-refractivity contribution in [1.29, 1.82) is 0 Å². The number of benzene rings is 1. The average Bonchev–Trinajstić information content (AvgIpc) is 2.99. The summed E-state index contributed by atoms with van der Waals surface area (Å²) in [5, 5.41) is 5.59. The minimum absolute atomic E-state index is 0.155. The first-order valence-corrected chi connectivity index (χ1v) is 7.90. The normalized spacial score (nSPS) is 12.3. The van der Waals surface area contributed by atoms with Crippen molar-refractivity contribution in [2.45, 2.75) is 25.9 Å². The number of nitrogens with two attached hydrogens (primary N) is 1. The van der Waals surface area contributed by atoms with Crippen LogP contribution in [0, 0.1) is 0 Å². The number of hydrogen-bond acceptors (Lipinski definition) is 4. The third kappa shape index (κ3) is 4.34. The highest BCUT2D eigenvalue weighted by atomic mass is 32.1. The Kier molecular flexibility index (Phi) is 6.05. The van der Waals surface area contributed by atoms with E-state index in [1.165, 1.54) is 10.4 Å². The average molecular weight is 290 g/mol. The molecule has 108 valence electrons. The molecule has 0 aliphatic rings. The van der Waals surface area contributed by atoms with Crippen LogP contribution in [-0.2, 0) is 6.54 Å². The Labute approximate surface area is 124 Å². The molecular formula is C16H22N2OS. The second-order valence-corrected chi connectivity index (χ2v) is 5.70. The maximum atomic E-state index is 5.89. The molecule has 0 saturated heterocycles. The van der Waals surface area contributed by atoms with Crippen molar-refractivity contribution in [2.24, 2.45) is 5.73 Å². The molecule has 4 heteroatoms. The quantitative estimate of drug-likeness (QED) is 0.784. The largest absolute Gasteiger partial charge is 0.494 e. The molecule has 0 amide bonds. The summed E-state index contributed by atoms with van der Waals surface area (Å²) >= 11 is 1.76. The van der Waals surface area contributed by atoms with Gasteiger partial charge in [0, 0.05) is 24.0 Å². The lowest BCUT2D eigenvalue weighted by Crippen LogP contribution is -2.27. The zero-order chi connectivity index (χ0) is 14.2. The Hall–Kier alpha value is -1.36. The predicted molar refractivity (Wildman–Crippen MR) is 85.2 cm³/mol. The lowest BCUT2D eigenvalue weighted by Gasteiger charge is -2.18. The van der Waals surface area contributed by atoms with E-state index in [-0.39, 0.29) is 6.04 Å². The molecule has 1 aromatic carbocycles. The first-order chi connectivity index (χ1) is 9.83. The minimum atomic E-state index is 0.155. The van der Waals surface area contributed by atoms with Crippen molar-refractivity contribution in [3.63, 3.8) is 0 Å². The summed E-state index contributed by atoms with van der Waals surface area (Å²) in [6.07, 6.45) is 1.02. The SMILES string of the molecule is CCCOc1cccc(C(CN)NCc2cccs2)c1. The van der Waals surface area contributed by atoms with E-state index in [2.05, 4.69) is 41.9 Å². The monoisotopic (exact) mass is 290 g/mol. The molecule has 0 radical (unpaired) electrons. The van der Waals surface area contributed by atoms with E-state index in [1.54, 1.807) is 11.3 Å². The lowest BCUT2D eigenvalue weighted by atomic mass is 10.1. The van der Waals surface area contributed by atoms with Gasteiger partial charge in [-0.2, -0.15) is 0 Å². The Morgan fingerprint density at radius 1 is 1.30 bits per heavy atom. The fraction of sp³-hybridized carbons (Fsp3) is 0.375. The third-order valence-electron chi connectivity index (χ3n) is 3.07. The minimum Gasteiger partial charge on any atom is -0.494 e. The highest BCUT2D eigenvalue weighted by molar-refractivity contribution is 7.09. The van der Waals surface area contributed by atoms with Crippen LogP contribution in [0.1, 0.15) is 29.8 Å². The van der Waals surface area contributed by atoms with Gasteiger partial charge in [0.1, 0.15) is 5.75 Å². The maximum Gasteiger partial charge on any atom is 0.119 e. The van der Waals surface area contributed by atoms with Gasteiger partial charge in [-0.1, -0.05) is 25.1 Å². The van der Waals surface area contributed by atoms with Gasteiger partial charge in [0.05, 0.1) is 6.61 Å². The van der Waals surface area contributed by atoms with E-state index in [0.29, 0.717) is 6.54 Å². The maximum absolute atomic E-state index is 5.89. The Morgan fingerprint density at radius 2 is 2.20 bits per heavy atom. The van der Waals surface area contributed by atoms with Gasteiger partial charge < -0.3 is 15.8 Å². The summed E-state index contributed by atoms with van der Waals surface area (Å²) in [6.45, 7) is 4.27. The lowest BCUT2D eigenvalue weighted by molar-refractivity contribution is 0.316. The van der Waals surface area contributed by atoms with Gasteiger partial charge in [-0.25, -0.2) is 0 Å². The molecule has 2 rings (SSSR count). The summed E-state index contributed by atoms with van der Waals surface area (Å²) in [4.78, 5) is 1.32. The molecule has 3 nitrogen and oxygen atoms in total. The molecule has 2 aromatic rings. The molecule has 1 atom stereocenters. The molecule has 0 bridgehead atoms. The zero-order valence-electron chi connectivity index (χ0n) is 11.8.